The van der Waals surface area contributed by atoms with E-state index in [1.807, 2.05) is 0 Å². The van der Waals surface area contributed by atoms with Gasteiger partial charge in [-0.1, -0.05) is 0 Å². The van der Waals surface area contributed by atoms with Gasteiger partial charge in [-0.2, -0.15) is 12.6 Å². The van der Waals surface area contributed by atoms with Crippen molar-refractivity contribution in [1.29, 1.82) is 0 Å². The van der Waals surface area contributed by atoms with Crippen LogP contribution in [0.5, 0.6) is 0 Å². The van der Waals surface area contributed by atoms with E-state index in [4.69, 9.17) is 11.5 Å². The summed E-state index contributed by atoms with van der Waals surface area (Å²) in [5, 5.41) is 2.74. The van der Waals surface area contributed by atoms with Crippen molar-refractivity contribution in [1.82, 2.24) is 10.2 Å². The SMILES string of the molecule is NC(=O)CCCC(N)=O.O=C(CCS)N1CCCCC12CNC2=O. The molecule has 2 aliphatic rings. The van der Waals surface area contributed by atoms with E-state index in [0.29, 0.717) is 25.1 Å². The number of β-lactam (4-membered cyclic amide) rings is 1. The highest BCUT2D eigenvalue weighted by molar-refractivity contribution is 7.80. The summed E-state index contributed by atoms with van der Waals surface area (Å²) in [6.07, 6.45) is 4.23. The number of primary amides is 2. The molecule has 4 amide bonds. The maximum absolute atomic E-state index is 11.8. The number of piperidine rings is 1. The molecule has 1 unspecified atom stereocenters. The van der Waals surface area contributed by atoms with E-state index in [1.54, 1.807) is 4.90 Å². The second-order valence-electron chi connectivity index (χ2n) is 5.98. The van der Waals surface area contributed by atoms with Crippen LogP contribution in [0.4, 0.5) is 0 Å². The van der Waals surface area contributed by atoms with Gasteiger partial charge in [-0.15, -0.1) is 0 Å². The molecule has 2 fully saturated rings. The molecule has 5 N–H and O–H groups in total. The smallest absolute Gasteiger partial charge is 0.247 e. The normalized spacial score (nSPS) is 22.0. The molecule has 24 heavy (non-hydrogen) atoms. The van der Waals surface area contributed by atoms with Crippen LogP contribution in [0.25, 0.3) is 0 Å². The van der Waals surface area contributed by atoms with E-state index in [9.17, 15) is 19.2 Å². The average Bonchev–Trinajstić information content (AvgIpc) is 2.53. The van der Waals surface area contributed by atoms with E-state index in [2.05, 4.69) is 17.9 Å². The number of hydrogen-bond acceptors (Lipinski definition) is 5. The molecule has 1 atom stereocenters. The summed E-state index contributed by atoms with van der Waals surface area (Å²) in [6, 6.07) is 0. The number of hydrogen-bond donors (Lipinski definition) is 4. The van der Waals surface area contributed by atoms with E-state index >= 15 is 0 Å². The zero-order chi connectivity index (χ0) is 18.2. The Labute approximate surface area is 147 Å². The van der Waals surface area contributed by atoms with Crippen LogP contribution < -0.4 is 16.8 Å². The van der Waals surface area contributed by atoms with Gasteiger partial charge in [-0.3, -0.25) is 19.2 Å². The number of carbonyl (C=O) groups is 4. The third kappa shape index (κ3) is 5.40. The van der Waals surface area contributed by atoms with Gasteiger partial charge in [0.2, 0.25) is 23.6 Å². The standard InChI is InChI=1S/C10H16N2O2S.C5H10N2O2/c13-8(3-6-15)12-5-2-1-4-10(12)7-11-9(10)14;6-4(8)2-1-3-5(7)9/h15H,1-7H2,(H,11,14);1-3H2,(H2,6,8)(H2,7,9). The second kappa shape index (κ2) is 9.51. The Morgan fingerprint density at radius 3 is 2.17 bits per heavy atom. The van der Waals surface area contributed by atoms with Crippen LogP contribution in [-0.4, -0.2) is 52.9 Å². The lowest BCUT2D eigenvalue weighted by Gasteiger charge is -2.51. The highest BCUT2D eigenvalue weighted by Gasteiger charge is 2.53. The maximum Gasteiger partial charge on any atom is 0.247 e. The fourth-order valence-electron chi connectivity index (χ4n) is 2.85. The Morgan fingerprint density at radius 1 is 1.12 bits per heavy atom. The van der Waals surface area contributed by atoms with E-state index < -0.39 is 17.4 Å². The van der Waals surface area contributed by atoms with Crippen molar-refractivity contribution in [2.24, 2.45) is 11.5 Å². The minimum absolute atomic E-state index is 0.0229. The van der Waals surface area contributed by atoms with Gasteiger partial charge in [0.15, 0.2) is 0 Å². The highest BCUT2D eigenvalue weighted by atomic mass is 32.1. The number of thiol groups is 1. The average molecular weight is 358 g/mol. The van der Waals surface area contributed by atoms with Crippen LogP contribution >= 0.6 is 12.6 Å². The predicted octanol–water partition coefficient (Wildman–Crippen LogP) is -0.685. The summed E-state index contributed by atoms with van der Waals surface area (Å²) >= 11 is 4.06. The van der Waals surface area contributed by atoms with E-state index in [0.717, 1.165) is 25.8 Å². The third-order valence-electron chi connectivity index (χ3n) is 4.18. The van der Waals surface area contributed by atoms with Gasteiger partial charge >= 0.3 is 0 Å². The van der Waals surface area contributed by atoms with E-state index in [1.165, 1.54) is 0 Å². The molecule has 0 radical (unpaired) electrons. The predicted molar refractivity (Wildman–Crippen MR) is 92.0 cm³/mol. The van der Waals surface area contributed by atoms with Crippen LogP contribution in [0.3, 0.4) is 0 Å². The molecule has 0 bridgehead atoms. The molecule has 2 aliphatic heterocycles. The summed E-state index contributed by atoms with van der Waals surface area (Å²) < 4.78 is 0. The van der Waals surface area contributed by atoms with Crippen LogP contribution in [0.2, 0.25) is 0 Å². The first-order valence-corrected chi connectivity index (χ1v) is 8.73. The van der Waals surface area contributed by atoms with Gasteiger partial charge in [-0.25, -0.2) is 0 Å². The van der Waals surface area contributed by atoms with Crippen LogP contribution in [0, 0.1) is 0 Å². The number of nitrogens with one attached hydrogen (secondary N) is 1. The molecular formula is C15H26N4O4S. The lowest BCUT2D eigenvalue weighted by Crippen LogP contribution is -2.75. The lowest BCUT2D eigenvalue weighted by atomic mass is 9.80. The summed E-state index contributed by atoms with van der Waals surface area (Å²) in [5.74, 6) is -0.144. The quantitative estimate of drug-likeness (QED) is 0.369. The molecule has 8 nitrogen and oxygen atoms in total. The molecule has 0 aromatic carbocycles. The van der Waals surface area contributed by atoms with Gasteiger partial charge in [0.1, 0.15) is 5.54 Å². The van der Waals surface area contributed by atoms with Gasteiger partial charge in [-0.05, 0) is 31.4 Å². The Balaban J connectivity index is 0.000000277. The van der Waals surface area contributed by atoms with Crippen molar-refractivity contribution in [2.45, 2.75) is 50.5 Å². The number of carbonyl (C=O) groups excluding carboxylic acids is 4. The van der Waals surface area contributed by atoms with Gasteiger partial charge < -0.3 is 21.7 Å². The minimum Gasteiger partial charge on any atom is -0.370 e. The summed E-state index contributed by atoms with van der Waals surface area (Å²) in [4.78, 5) is 45.3. The maximum atomic E-state index is 11.8. The van der Waals surface area contributed by atoms with Crippen molar-refractivity contribution in [2.75, 3.05) is 18.8 Å². The molecule has 2 rings (SSSR count). The van der Waals surface area contributed by atoms with Crippen molar-refractivity contribution >= 4 is 36.3 Å². The van der Waals surface area contributed by atoms with Crippen molar-refractivity contribution < 1.29 is 19.2 Å². The Kier molecular flexibility index (Phi) is 8.03. The number of nitrogens with two attached hydrogens (primary N) is 2. The molecule has 2 heterocycles. The fraction of sp³-hybridized carbons (Fsp3) is 0.733. The number of rotatable bonds is 6. The molecular weight excluding hydrogens is 332 g/mol. The van der Waals surface area contributed by atoms with Gasteiger partial charge in [0, 0.05) is 32.4 Å². The largest absolute Gasteiger partial charge is 0.370 e. The van der Waals surface area contributed by atoms with Crippen molar-refractivity contribution in [3.05, 3.63) is 0 Å². The third-order valence-corrected chi connectivity index (χ3v) is 4.40. The molecule has 0 aromatic rings. The number of amides is 4. The van der Waals surface area contributed by atoms with Crippen LogP contribution in [0.15, 0.2) is 0 Å². The molecule has 136 valence electrons. The monoisotopic (exact) mass is 358 g/mol. The summed E-state index contributed by atoms with van der Waals surface area (Å²) in [7, 11) is 0. The molecule has 0 aromatic heterocycles. The zero-order valence-corrected chi connectivity index (χ0v) is 14.6. The Bertz CT molecular complexity index is 486. The molecule has 1 spiro atoms. The Hall–Kier alpha value is -1.77. The molecule has 9 heteroatoms. The van der Waals surface area contributed by atoms with Gasteiger partial charge in [0.05, 0.1) is 0 Å². The summed E-state index contributed by atoms with van der Waals surface area (Å²) in [6.45, 7) is 1.35. The van der Waals surface area contributed by atoms with Crippen molar-refractivity contribution in [3.8, 4) is 0 Å². The minimum atomic E-state index is -0.502. The Morgan fingerprint density at radius 2 is 1.75 bits per heavy atom. The highest BCUT2D eigenvalue weighted by Crippen LogP contribution is 2.33. The zero-order valence-electron chi connectivity index (χ0n) is 13.8. The first-order valence-electron chi connectivity index (χ1n) is 8.09. The van der Waals surface area contributed by atoms with Crippen LogP contribution in [-0.2, 0) is 19.2 Å². The van der Waals surface area contributed by atoms with Crippen molar-refractivity contribution in [3.63, 3.8) is 0 Å². The van der Waals surface area contributed by atoms with Gasteiger partial charge in [0.25, 0.3) is 0 Å². The molecule has 0 aliphatic carbocycles. The summed E-state index contributed by atoms with van der Waals surface area (Å²) in [5.41, 5.74) is 9.07. The first-order chi connectivity index (χ1) is 11.3. The van der Waals surface area contributed by atoms with E-state index in [-0.39, 0.29) is 24.7 Å². The van der Waals surface area contributed by atoms with Crippen LogP contribution in [0.1, 0.15) is 44.9 Å². The number of nitrogens with zero attached hydrogens (tertiary/aromatic N) is 1. The number of likely N-dealkylation sites (tertiary alicyclic amines) is 1. The first kappa shape index (κ1) is 20.3. The fourth-order valence-corrected chi connectivity index (χ4v) is 3.04. The molecule has 0 saturated carbocycles. The topological polar surface area (TPSA) is 136 Å². The molecule has 2 saturated heterocycles. The lowest BCUT2D eigenvalue weighted by molar-refractivity contribution is -0.158. The second-order valence-corrected chi connectivity index (χ2v) is 6.42.